The first kappa shape index (κ1) is 22.1. The number of hydrogen-bond donors (Lipinski definition) is 2. The second kappa shape index (κ2) is 12.5. The van der Waals surface area contributed by atoms with E-state index in [0.29, 0.717) is 12.6 Å². The number of guanidine groups is 1. The highest BCUT2D eigenvalue weighted by Gasteiger charge is 2.10. The van der Waals surface area contributed by atoms with Crippen LogP contribution in [0.1, 0.15) is 33.3 Å². The Balaban J connectivity index is 0.00000484. The summed E-state index contributed by atoms with van der Waals surface area (Å²) in [5.41, 5.74) is 0.869. The van der Waals surface area contributed by atoms with Crippen molar-refractivity contribution >= 4 is 29.9 Å². The van der Waals surface area contributed by atoms with E-state index >= 15 is 0 Å². The fourth-order valence-electron chi connectivity index (χ4n) is 2.37. The van der Waals surface area contributed by atoms with E-state index in [9.17, 15) is 4.39 Å². The maximum atomic E-state index is 13.2. The Labute approximate surface area is 157 Å². The van der Waals surface area contributed by atoms with Crippen molar-refractivity contribution in [2.24, 2.45) is 4.99 Å². The van der Waals surface area contributed by atoms with Crippen LogP contribution in [0.25, 0.3) is 0 Å². The minimum Gasteiger partial charge on any atom is -0.357 e. The highest BCUT2D eigenvalue weighted by molar-refractivity contribution is 14.0. The quantitative estimate of drug-likeness (QED) is 0.374. The monoisotopic (exact) mass is 436 g/mol. The van der Waals surface area contributed by atoms with Gasteiger partial charge in [0.25, 0.3) is 0 Å². The van der Waals surface area contributed by atoms with Crippen LogP contribution in [-0.4, -0.2) is 43.1 Å². The fourth-order valence-corrected chi connectivity index (χ4v) is 2.37. The molecule has 0 radical (unpaired) electrons. The molecular formula is C17H30FIN4. The lowest BCUT2D eigenvalue weighted by molar-refractivity contribution is 0.231. The molecule has 0 aromatic heterocycles. The number of nitrogens with zero attached hydrogens (tertiary/aromatic N) is 2. The van der Waals surface area contributed by atoms with Crippen LogP contribution in [0, 0.1) is 5.82 Å². The average molecular weight is 436 g/mol. The van der Waals surface area contributed by atoms with E-state index < -0.39 is 0 Å². The molecule has 1 aromatic carbocycles. The Kier molecular flexibility index (Phi) is 12.0. The minimum atomic E-state index is -0.221. The molecular weight excluding hydrogens is 406 g/mol. The molecule has 0 aliphatic heterocycles. The molecule has 1 atom stereocenters. The molecule has 0 saturated carbocycles. The Morgan fingerprint density at radius 1 is 1.22 bits per heavy atom. The van der Waals surface area contributed by atoms with Crippen molar-refractivity contribution in [1.29, 1.82) is 0 Å². The first-order valence-corrected chi connectivity index (χ1v) is 8.11. The number of hydrogen-bond acceptors (Lipinski definition) is 2. The standard InChI is InChI=1S/C17H29FN4.HI/c1-5-19-17(20-12-14(4)22(6-2)7-3)21-13-15-9-8-10-16(18)11-15;/h8-11,14H,5-7,12-13H2,1-4H3,(H2,19,20,21);1H. The third kappa shape index (κ3) is 8.50. The SMILES string of the molecule is CCNC(=NCc1cccc(F)c1)NCC(C)N(CC)CC.I. The predicted octanol–water partition coefficient (Wildman–Crippen LogP) is 3.23. The van der Waals surface area contributed by atoms with Crippen molar-refractivity contribution in [3.8, 4) is 0 Å². The molecule has 0 heterocycles. The number of nitrogens with one attached hydrogen (secondary N) is 2. The van der Waals surface area contributed by atoms with Crippen LogP contribution < -0.4 is 10.6 Å². The van der Waals surface area contributed by atoms with Gasteiger partial charge >= 0.3 is 0 Å². The van der Waals surface area contributed by atoms with Gasteiger partial charge in [-0.25, -0.2) is 9.38 Å². The smallest absolute Gasteiger partial charge is 0.191 e. The van der Waals surface area contributed by atoms with Crippen molar-refractivity contribution in [2.75, 3.05) is 26.2 Å². The Morgan fingerprint density at radius 3 is 2.48 bits per heavy atom. The van der Waals surface area contributed by atoms with Gasteiger partial charge in [-0.2, -0.15) is 0 Å². The van der Waals surface area contributed by atoms with Crippen molar-refractivity contribution < 1.29 is 4.39 Å². The van der Waals surface area contributed by atoms with Gasteiger partial charge in [-0.1, -0.05) is 26.0 Å². The van der Waals surface area contributed by atoms with Crippen LogP contribution >= 0.6 is 24.0 Å². The summed E-state index contributed by atoms with van der Waals surface area (Å²) in [6.45, 7) is 12.8. The maximum absolute atomic E-state index is 13.2. The summed E-state index contributed by atoms with van der Waals surface area (Å²) >= 11 is 0. The van der Waals surface area contributed by atoms with Crippen LogP contribution in [0.5, 0.6) is 0 Å². The molecule has 2 N–H and O–H groups in total. The molecule has 0 amide bonds. The minimum absolute atomic E-state index is 0. The van der Waals surface area contributed by atoms with Crippen molar-refractivity contribution in [3.05, 3.63) is 35.6 Å². The van der Waals surface area contributed by atoms with E-state index in [2.05, 4.69) is 41.3 Å². The van der Waals surface area contributed by atoms with Crippen molar-refractivity contribution in [3.63, 3.8) is 0 Å². The zero-order chi connectivity index (χ0) is 16.4. The molecule has 0 aliphatic carbocycles. The van der Waals surface area contributed by atoms with Crippen LogP contribution in [0.4, 0.5) is 4.39 Å². The average Bonchev–Trinajstić information content (AvgIpc) is 2.51. The van der Waals surface area contributed by atoms with E-state index in [-0.39, 0.29) is 29.8 Å². The molecule has 0 bridgehead atoms. The molecule has 0 aliphatic rings. The maximum Gasteiger partial charge on any atom is 0.191 e. The second-order valence-electron chi connectivity index (χ2n) is 5.28. The first-order valence-electron chi connectivity index (χ1n) is 8.11. The largest absolute Gasteiger partial charge is 0.357 e. The van der Waals surface area contributed by atoms with Crippen LogP contribution in [0.3, 0.4) is 0 Å². The molecule has 132 valence electrons. The van der Waals surface area contributed by atoms with Gasteiger partial charge in [0.15, 0.2) is 5.96 Å². The summed E-state index contributed by atoms with van der Waals surface area (Å²) in [5, 5.41) is 6.58. The first-order chi connectivity index (χ1) is 10.6. The van der Waals surface area contributed by atoms with Gasteiger partial charge in [-0.3, -0.25) is 4.90 Å². The normalized spacial score (nSPS) is 12.7. The van der Waals surface area contributed by atoms with E-state index in [1.54, 1.807) is 6.07 Å². The summed E-state index contributed by atoms with van der Waals surface area (Å²) in [4.78, 5) is 6.91. The lowest BCUT2D eigenvalue weighted by atomic mass is 10.2. The van der Waals surface area contributed by atoms with Gasteiger partial charge in [0.1, 0.15) is 5.82 Å². The highest BCUT2D eigenvalue weighted by Crippen LogP contribution is 2.04. The molecule has 1 unspecified atom stereocenters. The van der Waals surface area contributed by atoms with Gasteiger partial charge in [-0.15, -0.1) is 24.0 Å². The lowest BCUT2D eigenvalue weighted by Crippen LogP contribution is -2.45. The van der Waals surface area contributed by atoms with Crippen molar-refractivity contribution in [1.82, 2.24) is 15.5 Å². The topological polar surface area (TPSA) is 39.7 Å². The van der Waals surface area contributed by atoms with Crippen LogP contribution in [0.15, 0.2) is 29.3 Å². The number of likely N-dealkylation sites (N-methyl/N-ethyl adjacent to an activating group) is 1. The molecule has 23 heavy (non-hydrogen) atoms. The van der Waals surface area contributed by atoms with Crippen LogP contribution in [-0.2, 0) is 6.54 Å². The molecule has 6 heteroatoms. The zero-order valence-corrected chi connectivity index (χ0v) is 16.9. The summed E-state index contributed by atoms with van der Waals surface area (Å²) in [7, 11) is 0. The van der Waals surface area contributed by atoms with Gasteiger partial charge < -0.3 is 10.6 Å². The Bertz CT molecular complexity index is 464. The number of rotatable bonds is 8. The molecule has 0 fully saturated rings. The van der Waals surface area contributed by atoms with Crippen molar-refractivity contribution in [2.45, 2.75) is 40.3 Å². The van der Waals surface area contributed by atoms with Gasteiger partial charge in [-0.05, 0) is 44.6 Å². The Hall–Kier alpha value is -0.890. The Morgan fingerprint density at radius 2 is 1.91 bits per heavy atom. The van der Waals surface area contributed by atoms with Gasteiger partial charge in [0.2, 0.25) is 0 Å². The zero-order valence-electron chi connectivity index (χ0n) is 14.6. The lowest BCUT2D eigenvalue weighted by Gasteiger charge is -2.27. The third-order valence-electron chi connectivity index (χ3n) is 3.65. The van der Waals surface area contributed by atoms with Crippen LogP contribution in [0.2, 0.25) is 0 Å². The fraction of sp³-hybridized carbons (Fsp3) is 0.588. The summed E-state index contributed by atoms with van der Waals surface area (Å²) in [5.74, 6) is 0.548. The number of benzene rings is 1. The summed E-state index contributed by atoms with van der Waals surface area (Å²) in [6.07, 6.45) is 0. The molecule has 4 nitrogen and oxygen atoms in total. The van der Waals surface area contributed by atoms with Gasteiger partial charge in [0, 0.05) is 19.1 Å². The summed E-state index contributed by atoms with van der Waals surface area (Å²) < 4.78 is 13.2. The van der Waals surface area contributed by atoms with Gasteiger partial charge in [0.05, 0.1) is 6.54 Å². The second-order valence-corrected chi connectivity index (χ2v) is 5.28. The molecule has 0 saturated heterocycles. The predicted molar refractivity (Wildman–Crippen MR) is 107 cm³/mol. The van der Waals surface area contributed by atoms with E-state index in [1.807, 2.05) is 13.0 Å². The molecule has 0 spiro atoms. The summed E-state index contributed by atoms with van der Waals surface area (Å²) in [6, 6.07) is 7.00. The third-order valence-corrected chi connectivity index (χ3v) is 3.65. The van der Waals surface area contributed by atoms with E-state index in [0.717, 1.165) is 37.7 Å². The van der Waals surface area contributed by atoms with E-state index in [4.69, 9.17) is 0 Å². The number of aliphatic imine (C=N–C) groups is 1. The highest BCUT2D eigenvalue weighted by atomic mass is 127. The number of halogens is 2. The molecule has 1 aromatic rings. The van der Waals surface area contributed by atoms with E-state index in [1.165, 1.54) is 12.1 Å². The molecule has 1 rings (SSSR count).